The van der Waals surface area contributed by atoms with E-state index >= 15 is 0 Å². The molecule has 0 saturated carbocycles. The molecule has 0 aromatic heterocycles. The third-order valence-corrected chi connectivity index (χ3v) is 1.97. The number of rotatable bonds is 1. The number of hydrogen-bond donors (Lipinski definition) is 2. The summed E-state index contributed by atoms with van der Waals surface area (Å²) in [5, 5.41) is 12.1. The lowest BCUT2D eigenvalue weighted by Crippen LogP contribution is -2.45. The van der Waals surface area contributed by atoms with Crippen molar-refractivity contribution in [3.05, 3.63) is 0 Å². The van der Waals surface area contributed by atoms with Gasteiger partial charge in [0.2, 0.25) is 5.91 Å². The minimum absolute atomic E-state index is 0.0366. The van der Waals surface area contributed by atoms with Gasteiger partial charge in [0.15, 0.2) is 0 Å². The van der Waals surface area contributed by atoms with Gasteiger partial charge >= 0.3 is 0 Å². The Balaban J connectivity index is 2.64. The van der Waals surface area contributed by atoms with Crippen LogP contribution in [0.2, 0.25) is 0 Å². The number of aliphatic hydroxyl groups is 1. The van der Waals surface area contributed by atoms with Gasteiger partial charge in [-0.3, -0.25) is 4.79 Å². The maximum absolute atomic E-state index is 10.7. The minimum atomic E-state index is -1.20. The van der Waals surface area contributed by atoms with E-state index in [-0.39, 0.29) is 11.9 Å². The highest BCUT2D eigenvalue weighted by Gasteiger charge is 2.35. The Bertz CT molecular complexity index is 215. The predicted molar refractivity (Wildman–Crippen MR) is 40.6 cm³/mol. The number of carbonyl (C=O) groups is 1. The van der Waals surface area contributed by atoms with Gasteiger partial charge < -0.3 is 10.4 Å². The topological polar surface area (TPSA) is 49.3 Å². The minimum Gasteiger partial charge on any atom is -0.376 e. The van der Waals surface area contributed by atoms with Crippen molar-refractivity contribution in [2.45, 2.75) is 31.4 Å². The Morgan fingerprint density at radius 2 is 2.55 bits per heavy atom. The summed E-state index contributed by atoms with van der Waals surface area (Å²) in [6.07, 6.45) is 6.16. The fourth-order valence-electron chi connectivity index (χ4n) is 1.14. The summed E-state index contributed by atoms with van der Waals surface area (Å²) in [5.41, 5.74) is -1.20. The third-order valence-electron chi connectivity index (χ3n) is 1.97. The molecule has 0 aromatic carbocycles. The molecule has 2 atom stereocenters. The summed E-state index contributed by atoms with van der Waals surface area (Å²) in [6.45, 7) is 1.53. The van der Waals surface area contributed by atoms with Gasteiger partial charge in [0.25, 0.3) is 0 Å². The lowest BCUT2D eigenvalue weighted by atomic mass is 9.96. The van der Waals surface area contributed by atoms with E-state index in [1.807, 2.05) is 0 Å². The van der Waals surface area contributed by atoms with E-state index < -0.39 is 5.60 Å². The van der Waals surface area contributed by atoms with Gasteiger partial charge in [0, 0.05) is 6.42 Å². The average molecular weight is 153 g/mol. The average Bonchev–Trinajstić information content (AvgIpc) is 2.36. The lowest BCUT2D eigenvalue weighted by molar-refractivity contribution is -0.119. The first-order valence-electron chi connectivity index (χ1n) is 3.56. The molecule has 60 valence electrons. The van der Waals surface area contributed by atoms with Crippen molar-refractivity contribution in [2.24, 2.45) is 0 Å². The standard InChI is InChI=1S/C8H11NO2/c1-3-8(2,11)6-4-5-7(10)9-6/h1,6,11H,4-5H2,2H3,(H,9,10). The lowest BCUT2D eigenvalue weighted by Gasteiger charge is -2.23. The molecule has 0 spiro atoms. The van der Waals surface area contributed by atoms with Gasteiger partial charge in [0.05, 0.1) is 6.04 Å². The molecule has 3 heteroatoms. The van der Waals surface area contributed by atoms with Gasteiger partial charge in [-0.2, -0.15) is 0 Å². The van der Waals surface area contributed by atoms with E-state index in [9.17, 15) is 9.90 Å². The molecule has 0 aromatic rings. The molecule has 0 radical (unpaired) electrons. The zero-order valence-corrected chi connectivity index (χ0v) is 6.42. The van der Waals surface area contributed by atoms with Crippen LogP contribution in [0.1, 0.15) is 19.8 Å². The van der Waals surface area contributed by atoms with Crippen LogP contribution in [0.4, 0.5) is 0 Å². The Kier molecular flexibility index (Phi) is 1.88. The zero-order valence-electron chi connectivity index (χ0n) is 6.42. The Labute approximate surface area is 65.8 Å². The number of nitrogens with one attached hydrogen (secondary N) is 1. The first kappa shape index (κ1) is 8.09. The molecule has 0 aliphatic carbocycles. The molecule has 1 amide bonds. The molecule has 1 aliphatic rings. The fraction of sp³-hybridized carbons (Fsp3) is 0.625. The SMILES string of the molecule is C#CC(C)(O)C1CCC(=O)N1. The van der Waals surface area contributed by atoms with E-state index in [1.165, 1.54) is 6.92 Å². The molecule has 1 saturated heterocycles. The van der Waals surface area contributed by atoms with Crippen molar-refractivity contribution in [3.63, 3.8) is 0 Å². The highest BCUT2D eigenvalue weighted by Crippen LogP contribution is 2.18. The highest BCUT2D eigenvalue weighted by atomic mass is 16.3. The second-order valence-corrected chi connectivity index (χ2v) is 2.95. The Morgan fingerprint density at radius 1 is 1.91 bits per heavy atom. The largest absolute Gasteiger partial charge is 0.376 e. The van der Waals surface area contributed by atoms with Crippen LogP contribution in [0, 0.1) is 12.3 Å². The summed E-state index contributed by atoms with van der Waals surface area (Å²) in [4.78, 5) is 10.7. The normalized spacial score (nSPS) is 28.8. The molecule has 1 rings (SSSR count). The zero-order chi connectivity index (χ0) is 8.48. The summed E-state index contributed by atoms with van der Waals surface area (Å²) in [7, 11) is 0. The van der Waals surface area contributed by atoms with Crippen LogP contribution in [-0.4, -0.2) is 22.7 Å². The van der Waals surface area contributed by atoms with Crippen LogP contribution >= 0.6 is 0 Å². The molecule has 1 heterocycles. The Hall–Kier alpha value is -1.01. The van der Waals surface area contributed by atoms with Gasteiger partial charge in [-0.25, -0.2) is 0 Å². The number of amides is 1. The van der Waals surface area contributed by atoms with E-state index in [4.69, 9.17) is 6.42 Å². The van der Waals surface area contributed by atoms with Crippen molar-refractivity contribution >= 4 is 5.91 Å². The number of hydrogen-bond acceptors (Lipinski definition) is 2. The second kappa shape index (κ2) is 2.55. The predicted octanol–water partition coefficient (Wildman–Crippen LogP) is -0.351. The molecule has 2 N–H and O–H groups in total. The molecule has 2 unspecified atom stereocenters. The molecule has 0 bridgehead atoms. The summed E-state index contributed by atoms with van der Waals surface area (Å²) in [6, 6.07) is -0.278. The first-order chi connectivity index (χ1) is 5.06. The second-order valence-electron chi connectivity index (χ2n) is 2.95. The first-order valence-corrected chi connectivity index (χ1v) is 3.56. The van der Waals surface area contributed by atoms with Gasteiger partial charge in [0.1, 0.15) is 5.60 Å². The van der Waals surface area contributed by atoms with Crippen molar-refractivity contribution in [1.29, 1.82) is 0 Å². The van der Waals surface area contributed by atoms with E-state index in [0.29, 0.717) is 12.8 Å². The summed E-state index contributed by atoms with van der Waals surface area (Å²) < 4.78 is 0. The van der Waals surface area contributed by atoms with E-state index in [0.717, 1.165) is 0 Å². The number of terminal acetylenes is 1. The summed E-state index contributed by atoms with van der Waals surface area (Å²) in [5.74, 6) is 2.21. The van der Waals surface area contributed by atoms with Gasteiger partial charge in [-0.1, -0.05) is 5.92 Å². The van der Waals surface area contributed by atoms with Crippen molar-refractivity contribution in [3.8, 4) is 12.3 Å². The van der Waals surface area contributed by atoms with Crippen molar-refractivity contribution in [1.82, 2.24) is 5.32 Å². The van der Waals surface area contributed by atoms with Crippen LogP contribution in [0.3, 0.4) is 0 Å². The van der Waals surface area contributed by atoms with Crippen LogP contribution < -0.4 is 5.32 Å². The Morgan fingerprint density at radius 3 is 2.91 bits per heavy atom. The fourth-order valence-corrected chi connectivity index (χ4v) is 1.14. The van der Waals surface area contributed by atoms with E-state index in [2.05, 4.69) is 11.2 Å². The van der Waals surface area contributed by atoms with Crippen LogP contribution in [0.15, 0.2) is 0 Å². The monoisotopic (exact) mass is 153 g/mol. The van der Waals surface area contributed by atoms with Crippen LogP contribution in [0.25, 0.3) is 0 Å². The number of carbonyl (C=O) groups excluding carboxylic acids is 1. The molecular formula is C8H11NO2. The quantitative estimate of drug-likeness (QED) is 0.506. The highest BCUT2D eigenvalue weighted by molar-refractivity contribution is 5.78. The molecule has 1 fully saturated rings. The van der Waals surface area contributed by atoms with Crippen LogP contribution in [-0.2, 0) is 4.79 Å². The van der Waals surface area contributed by atoms with Crippen LogP contribution in [0.5, 0.6) is 0 Å². The maximum Gasteiger partial charge on any atom is 0.220 e. The smallest absolute Gasteiger partial charge is 0.220 e. The van der Waals surface area contributed by atoms with E-state index in [1.54, 1.807) is 0 Å². The van der Waals surface area contributed by atoms with Crippen molar-refractivity contribution < 1.29 is 9.90 Å². The maximum atomic E-state index is 10.7. The summed E-state index contributed by atoms with van der Waals surface area (Å²) >= 11 is 0. The van der Waals surface area contributed by atoms with Gasteiger partial charge in [-0.05, 0) is 13.3 Å². The molecule has 11 heavy (non-hydrogen) atoms. The molecule has 3 nitrogen and oxygen atoms in total. The third kappa shape index (κ3) is 1.52. The van der Waals surface area contributed by atoms with Crippen molar-refractivity contribution in [2.75, 3.05) is 0 Å². The molecule has 1 aliphatic heterocycles. The van der Waals surface area contributed by atoms with Gasteiger partial charge in [-0.15, -0.1) is 6.42 Å². The molecular weight excluding hydrogens is 142 g/mol.